The molecule has 4 rings (SSSR count). The van der Waals surface area contributed by atoms with Gasteiger partial charge in [0.25, 0.3) is 5.91 Å². The Morgan fingerprint density at radius 1 is 1.24 bits per heavy atom. The third-order valence-corrected chi connectivity index (χ3v) is 5.21. The van der Waals surface area contributed by atoms with Gasteiger partial charge < -0.3 is 9.47 Å². The molecule has 0 bridgehead atoms. The fourth-order valence-electron chi connectivity index (χ4n) is 3.73. The molecule has 6 heteroatoms. The molecule has 0 saturated carbocycles. The molecule has 0 spiro atoms. The van der Waals surface area contributed by atoms with E-state index in [1.807, 2.05) is 36.0 Å². The summed E-state index contributed by atoms with van der Waals surface area (Å²) in [5.41, 5.74) is 4.26. The largest absolute Gasteiger partial charge is 0.340 e. The highest BCUT2D eigenvalue weighted by molar-refractivity contribution is 5.99. The second-order valence-electron chi connectivity index (χ2n) is 6.96. The molecule has 0 saturated heterocycles. The lowest BCUT2D eigenvalue weighted by molar-refractivity contribution is 0.0735. The van der Waals surface area contributed by atoms with Crippen LogP contribution in [-0.4, -0.2) is 56.6 Å². The lowest BCUT2D eigenvalue weighted by Gasteiger charge is -2.36. The Bertz CT molecular complexity index is 925. The van der Waals surface area contributed by atoms with Gasteiger partial charge in [-0.1, -0.05) is 24.3 Å². The van der Waals surface area contributed by atoms with E-state index < -0.39 is 0 Å². The predicted octanol–water partition coefficient (Wildman–Crippen LogP) is 1.80. The third kappa shape index (κ3) is 2.72. The minimum Gasteiger partial charge on any atom is -0.340 e. The highest BCUT2D eigenvalue weighted by Gasteiger charge is 2.27. The van der Waals surface area contributed by atoms with E-state index in [9.17, 15) is 4.79 Å². The van der Waals surface area contributed by atoms with E-state index in [0.29, 0.717) is 18.2 Å². The number of rotatable bonds is 3. The zero-order chi connectivity index (χ0) is 17.6. The number of aromatic nitrogens is 3. The van der Waals surface area contributed by atoms with E-state index in [0.717, 1.165) is 18.6 Å². The van der Waals surface area contributed by atoms with Gasteiger partial charge in [0.15, 0.2) is 0 Å². The number of carbonyl (C=O) groups is 1. The summed E-state index contributed by atoms with van der Waals surface area (Å²) in [6.45, 7) is 1.63. The van der Waals surface area contributed by atoms with Crippen LogP contribution in [0.4, 0.5) is 0 Å². The molecule has 2 aromatic heterocycles. The molecule has 6 nitrogen and oxygen atoms in total. The van der Waals surface area contributed by atoms with Gasteiger partial charge in [0, 0.05) is 45.6 Å². The first kappa shape index (κ1) is 15.9. The quantitative estimate of drug-likeness (QED) is 0.732. The molecule has 1 amide bonds. The zero-order valence-electron chi connectivity index (χ0n) is 14.9. The van der Waals surface area contributed by atoms with E-state index in [1.165, 1.54) is 11.1 Å². The number of benzene rings is 1. The Hall–Kier alpha value is -2.60. The van der Waals surface area contributed by atoms with Crippen molar-refractivity contribution in [3.63, 3.8) is 0 Å². The number of hydrogen-bond donors (Lipinski definition) is 0. The molecule has 0 fully saturated rings. The first-order valence-corrected chi connectivity index (χ1v) is 8.55. The monoisotopic (exact) mass is 337 g/mol. The Morgan fingerprint density at radius 3 is 2.80 bits per heavy atom. The van der Waals surface area contributed by atoms with Crippen LogP contribution < -0.4 is 0 Å². The number of hydrogen-bond acceptors (Lipinski definition) is 3. The maximum Gasteiger partial charge on any atom is 0.259 e. The number of imidazole rings is 1. The first-order valence-electron chi connectivity index (χ1n) is 8.55. The van der Waals surface area contributed by atoms with Crippen molar-refractivity contribution < 1.29 is 4.79 Å². The van der Waals surface area contributed by atoms with Crippen molar-refractivity contribution in [3.05, 3.63) is 59.5 Å². The lowest BCUT2D eigenvalue weighted by atomic mass is 9.94. The summed E-state index contributed by atoms with van der Waals surface area (Å²) in [7, 11) is 5.94. The summed E-state index contributed by atoms with van der Waals surface area (Å²) in [6.07, 6.45) is 6.40. The maximum atomic E-state index is 12.9. The molecule has 0 radical (unpaired) electrons. The van der Waals surface area contributed by atoms with Gasteiger partial charge in [0.2, 0.25) is 0 Å². The van der Waals surface area contributed by atoms with Crippen molar-refractivity contribution in [2.45, 2.75) is 19.0 Å². The highest BCUT2D eigenvalue weighted by atomic mass is 16.2. The van der Waals surface area contributed by atoms with Gasteiger partial charge in [0.1, 0.15) is 11.2 Å². The SMILES string of the molecule is CN(CC1Cc2ccccc2CN1C)C(=O)c1cnn2ccn(C)c12. The smallest absolute Gasteiger partial charge is 0.259 e. The predicted molar refractivity (Wildman–Crippen MR) is 96.5 cm³/mol. The van der Waals surface area contributed by atoms with Crippen molar-refractivity contribution >= 4 is 11.6 Å². The number of aryl methyl sites for hydroxylation is 1. The van der Waals surface area contributed by atoms with Crippen molar-refractivity contribution in [2.24, 2.45) is 7.05 Å². The molecule has 3 heterocycles. The lowest BCUT2D eigenvalue weighted by Crippen LogP contribution is -2.46. The Kier molecular flexibility index (Phi) is 3.84. The topological polar surface area (TPSA) is 45.8 Å². The van der Waals surface area contributed by atoms with Crippen LogP contribution in [-0.2, 0) is 20.0 Å². The minimum atomic E-state index is 0.0176. The number of nitrogens with zero attached hydrogens (tertiary/aromatic N) is 5. The average Bonchev–Trinajstić information content (AvgIpc) is 3.18. The molecule has 1 unspecified atom stereocenters. The summed E-state index contributed by atoms with van der Waals surface area (Å²) in [5.74, 6) is 0.0176. The minimum absolute atomic E-state index is 0.0176. The summed E-state index contributed by atoms with van der Waals surface area (Å²) in [4.78, 5) is 17.1. The number of amides is 1. The molecule has 130 valence electrons. The fourth-order valence-corrected chi connectivity index (χ4v) is 3.73. The molecule has 3 aromatic rings. The van der Waals surface area contributed by atoms with Gasteiger partial charge in [-0.3, -0.25) is 9.69 Å². The second-order valence-corrected chi connectivity index (χ2v) is 6.96. The third-order valence-electron chi connectivity index (χ3n) is 5.21. The second kappa shape index (κ2) is 6.04. The summed E-state index contributed by atoms with van der Waals surface area (Å²) in [5, 5.41) is 4.27. The van der Waals surface area contributed by atoms with E-state index in [-0.39, 0.29) is 5.91 Å². The van der Waals surface area contributed by atoms with Crippen molar-refractivity contribution in [1.29, 1.82) is 0 Å². The summed E-state index contributed by atoms with van der Waals surface area (Å²) >= 11 is 0. The first-order chi connectivity index (χ1) is 12.0. The fraction of sp³-hybridized carbons (Fsp3) is 0.368. The molecule has 0 aliphatic carbocycles. The van der Waals surface area contributed by atoms with Crippen LogP contribution in [0.25, 0.3) is 5.65 Å². The van der Waals surface area contributed by atoms with Crippen molar-refractivity contribution in [3.8, 4) is 0 Å². The van der Waals surface area contributed by atoms with Crippen LogP contribution in [0.2, 0.25) is 0 Å². The van der Waals surface area contributed by atoms with E-state index in [2.05, 4.69) is 41.3 Å². The molecule has 1 aromatic carbocycles. The van der Waals surface area contributed by atoms with Crippen LogP contribution >= 0.6 is 0 Å². The standard InChI is InChI=1S/C19H23N5O/c1-21-8-9-24-18(21)17(11-20-24)19(25)23(3)13-16-10-14-6-4-5-7-15(14)12-22(16)2/h4-9,11,16H,10,12-13H2,1-3H3. The highest BCUT2D eigenvalue weighted by Crippen LogP contribution is 2.23. The van der Waals surface area contributed by atoms with Gasteiger partial charge in [-0.2, -0.15) is 5.10 Å². The van der Waals surface area contributed by atoms with Crippen LogP contribution in [0.15, 0.2) is 42.9 Å². The summed E-state index contributed by atoms with van der Waals surface area (Å²) in [6, 6.07) is 8.89. The molecule has 1 atom stereocenters. The van der Waals surface area contributed by atoms with Crippen LogP contribution in [0.3, 0.4) is 0 Å². The molecule has 0 N–H and O–H groups in total. The number of fused-ring (bicyclic) bond motifs is 2. The normalized spacial score (nSPS) is 17.6. The molecular weight excluding hydrogens is 314 g/mol. The molecule has 1 aliphatic heterocycles. The van der Waals surface area contributed by atoms with Crippen LogP contribution in [0, 0.1) is 0 Å². The molecule has 1 aliphatic rings. The molecular formula is C19H23N5O. The van der Waals surface area contributed by atoms with E-state index in [1.54, 1.807) is 10.7 Å². The van der Waals surface area contributed by atoms with Gasteiger partial charge in [-0.15, -0.1) is 0 Å². The number of carbonyl (C=O) groups excluding carboxylic acids is 1. The maximum absolute atomic E-state index is 12.9. The van der Waals surface area contributed by atoms with Crippen molar-refractivity contribution in [2.75, 3.05) is 20.6 Å². The molecule has 25 heavy (non-hydrogen) atoms. The average molecular weight is 337 g/mol. The van der Waals surface area contributed by atoms with E-state index in [4.69, 9.17) is 0 Å². The Labute approximate surface area is 147 Å². The summed E-state index contributed by atoms with van der Waals surface area (Å²) < 4.78 is 3.67. The zero-order valence-corrected chi connectivity index (χ0v) is 14.9. The van der Waals surface area contributed by atoms with Gasteiger partial charge in [-0.25, -0.2) is 4.52 Å². The number of likely N-dealkylation sites (N-methyl/N-ethyl adjacent to an activating group) is 2. The Morgan fingerprint density at radius 2 is 2.00 bits per heavy atom. The van der Waals surface area contributed by atoms with Gasteiger partial charge in [0.05, 0.1) is 6.20 Å². The van der Waals surface area contributed by atoms with Gasteiger partial charge >= 0.3 is 0 Å². The van der Waals surface area contributed by atoms with Crippen LogP contribution in [0.5, 0.6) is 0 Å². The Balaban J connectivity index is 1.53. The van der Waals surface area contributed by atoms with Crippen molar-refractivity contribution in [1.82, 2.24) is 24.0 Å². The van der Waals surface area contributed by atoms with E-state index >= 15 is 0 Å². The van der Waals surface area contributed by atoms with Crippen LogP contribution in [0.1, 0.15) is 21.5 Å². The van der Waals surface area contributed by atoms with Gasteiger partial charge in [-0.05, 0) is 24.6 Å².